The molecule has 1 aromatic heterocycles. The molecule has 1 heterocycles. The van der Waals surface area contributed by atoms with E-state index in [4.69, 9.17) is 9.47 Å². The molecular formula is C23H28N4O4. The average molecular weight is 425 g/mol. The van der Waals surface area contributed by atoms with Crippen molar-refractivity contribution in [1.29, 1.82) is 0 Å². The van der Waals surface area contributed by atoms with Gasteiger partial charge >= 0.3 is 0 Å². The minimum absolute atomic E-state index is 0.191. The molecule has 31 heavy (non-hydrogen) atoms. The summed E-state index contributed by atoms with van der Waals surface area (Å²) in [4.78, 5) is 28.4. The number of fused-ring (bicyclic) bond motifs is 1. The van der Waals surface area contributed by atoms with E-state index in [1.54, 1.807) is 42.5 Å². The number of carbonyl (C=O) groups excluding carboxylic acids is 1. The molecule has 0 unspecified atom stereocenters. The highest BCUT2D eigenvalue weighted by atomic mass is 16.5. The van der Waals surface area contributed by atoms with Crippen LogP contribution in [-0.4, -0.2) is 61.0 Å². The van der Waals surface area contributed by atoms with Crippen LogP contribution in [0.1, 0.15) is 24.3 Å². The minimum Gasteiger partial charge on any atom is -0.497 e. The molecule has 0 aliphatic carbocycles. The number of ether oxygens (including phenoxy) is 2. The quantitative estimate of drug-likeness (QED) is 0.568. The lowest BCUT2D eigenvalue weighted by Crippen LogP contribution is -2.36. The highest BCUT2D eigenvalue weighted by Crippen LogP contribution is 2.24. The highest BCUT2D eigenvalue weighted by Gasteiger charge is 2.18. The minimum atomic E-state index is -0.328. The lowest BCUT2D eigenvalue weighted by Gasteiger charge is -2.18. The van der Waals surface area contributed by atoms with Gasteiger partial charge in [-0.15, -0.1) is 0 Å². The Morgan fingerprint density at radius 3 is 2.23 bits per heavy atom. The van der Waals surface area contributed by atoms with Gasteiger partial charge in [0.1, 0.15) is 11.5 Å². The van der Waals surface area contributed by atoms with E-state index in [1.807, 2.05) is 0 Å². The highest BCUT2D eigenvalue weighted by molar-refractivity contribution is 6.04. The fraction of sp³-hybridized carbons (Fsp3) is 0.348. The maximum atomic E-state index is 13.2. The molecule has 164 valence electrons. The van der Waals surface area contributed by atoms with Crippen molar-refractivity contribution in [2.24, 2.45) is 0 Å². The van der Waals surface area contributed by atoms with Crippen molar-refractivity contribution >= 4 is 16.7 Å². The Bertz CT molecular complexity index is 1100. The Hall–Kier alpha value is -3.39. The van der Waals surface area contributed by atoms with Crippen LogP contribution in [0.3, 0.4) is 0 Å². The Morgan fingerprint density at radius 2 is 1.65 bits per heavy atom. The van der Waals surface area contributed by atoms with E-state index in [0.29, 0.717) is 34.5 Å². The summed E-state index contributed by atoms with van der Waals surface area (Å²) in [6, 6.07) is 12.0. The molecule has 0 atom stereocenters. The third-order valence-electron chi connectivity index (χ3n) is 5.21. The fourth-order valence-electron chi connectivity index (χ4n) is 3.40. The first-order valence-electron chi connectivity index (χ1n) is 10.3. The van der Waals surface area contributed by atoms with Gasteiger partial charge < -0.3 is 19.7 Å². The van der Waals surface area contributed by atoms with Gasteiger partial charge in [0.05, 0.1) is 25.3 Å². The van der Waals surface area contributed by atoms with Gasteiger partial charge in [0.15, 0.2) is 5.69 Å². The second-order valence-electron chi connectivity index (χ2n) is 6.96. The predicted octanol–water partition coefficient (Wildman–Crippen LogP) is 2.47. The topological polar surface area (TPSA) is 85.7 Å². The first kappa shape index (κ1) is 22.3. The van der Waals surface area contributed by atoms with E-state index >= 15 is 0 Å². The van der Waals surface area contributed by atoms with E-state index in [0.717, 1.165) is 19.6 Å². The molecule has 8 nitrogen and oxygen atoms in total. The van der Waals surface area contributed by atoms with Crippen LogP contribution in [0.4, 0.5) is 0 Å². The van der Waals surface area contributed by atoms with Crippen LogP contribution in [0.15, 0.2) is 47.3 Å². The van der Waals surface area contributed by atoms with Crippen molar-refractivity contribution in [3.8, 4) is 17.2 Å². The Labute approximate surface area is 181 Å². The third kappa shape index (κ3) is 4.86. The summed E-state index contributed by atoms with van der Waals surface area (Å²) in [5, 5.41) is 8.28. The smallest absolute Gasteiger partial charge is 0.279 e. The van der Waals surface area contributed by atoms with Gasteiger partial charge in [0, 0.05) is 36.7 Å². The number of likely N-dealkylation sites (N-methyl/N-ethyl adjacent to an activating group) is 1. The van der Waals surface area contributed by atoms with Crippen molar-refractivity contribution in [2.75, 3.05) is 40.4 Å². The predicted molar refractivity (Wildman–Crippen MR) is 121 cm³/mol. The van der Waals surface area contributed by atoms with Crippen molar-refractivity contribution in [3.05, 3.63) is 58.5 Å². The van der Waals surface area contributed by atoms with Crippen LogP contribution in [0, 0.1) is 0 Å². The third-order valence-corrected chi connectivity index (χ3v) is 5.21. The average Bonchev–Trinajstić information content (AvgIpc) is 2.81. The standard InChI is InChI=1S/C23H28N4O4/c1-5-26(6-2)12-11-24-22(28)21-19-9-7-8-10-20(19)23(29)27(25-21)16-13-17(30-3)15-18(14-16)31-4/h7-10,13-15H,5-6,11-12H2,1-4H3,(H,24,28). The molecule has 2 aromatic carbocycles. The Morgan fingerprint density at radius 1 is 1.03 bits per heavy atom. The van der Waals surface area contributed by atoms with E-state index in [2.05, 4.69) is 29.2 Å². The van der Waals surface area contributed by atoms with Crippen LogP contribution >= 0.6 is 0 Å². The normalized spacial score (nSPS) is 11.0. The lowest BCUT2D eigenvalue weighted by atomic mass is 10.1. The van der Waals surface area contributed by atoms with Crippen molar-refractivity contribution < 1.29 is 14.3 Å². The second kappa shape index (κ2) is 10.1. The molecular weight excluding hydrogens is 396 g/mol. The second-order valence-corrected chi connectivity index (χ2v) is 6.96. The lowest BCUT2D eigenvalue weighted by molar-refractivity contribution is 0.0944. The van der Waals surface area contributed by atoms with Crippen LogP contribution in [0.5, 0.6) is 11.5 Å². The van der Waals surface area contributed by atoms with E-state index in [1.165, 1.54) is 18.9 Å². The molecule has 0 aliphatic rings. The molecule has 1 N–H and O–H groups in total. The zero-order valence-corrected chi connectivity index (χ0v) is 18.3. The SMILES string of the molecule is CCN(CC)CCNC(=O)c1nn(-c2cc(OC)cc(OC)c2)c(=O)c2ccccc12. The first-order valence-corrected chi connectivity index (χ1v) is 10.3. The summed E-state index contributed by atoms with van der Waals surface area (Å²) in [6.45, 7) is 7.22. The van der Waals surface area contributed by atoms with Gasteiger partial charge in [-0.1, -0.05) is 32.0 Å². The van der Waals surface area contributed by atoms with Gasteiger partial charge in [-0.3, -0.25) is 9.59 Å². The number of carbonyl (C=O) groups is 1. The number of hydrogen-bond acceptors (Lipinski definition) is 6. The van der Waals surface area contributed by atoms with Gasteiger partial charge in [0.25, 0.3) is 11.5 Å². The zero-order chi connectivity index (χ0) is 22.4. The van der Waals surface area contributed by atoms with Crippen molar-refractivity contribution in [3.63, 3.8) is 0 Å². The summed E-state index contributed by atoms with van der Waals surface area (Å²) in [5.41, 5.74) is 0.311. The Balaban J connectivity index is 2.06. The van der Waals surface area contributed by atoms with Gasteiger partial charge in [-0.2, -0.15) is 9.78 Å². The van der Waals surface area contributed by atoms with E-state index in [9.17, 15) is 9.59 Å². The van der Waals surface area contributed by atoms with Crippen LogP contribution in [0.2, 0.25) is 0 Å². The molecule has 0 bridgehead atoms. The molecule has 0 fully saturated rings. The molecule has 0 saturated carbocycles. The molecule has 0 radical (unpaired) electrons. The van der Waals surface area contributed by atoms with Gasteiger partial charge in [-0.05, 0) is 19.2 Å². The van der Waals surface area contributed by atoms with Crippen molar-refractivity contribution in [2.45, 2.75) is 13.8 Å². The summed E-state index contributed by atoms with van der Waals surface area (Å²) in [5.74, 6) is 0.704. The fourth-order valence-corrected chi connectivity index (χ4v) is 3.40. The van der Waals surface area contributed by atoms with Crippen LogP contribution in [0.25, 0.3) is 16.5 Å². The molecule has 0 aliphatic heterocycles. The number of amides is 1. The maximum absolute atomic E-state index is 13.2. The molecule has 3 rings (SSSR count). The van der Waals surface area contributed by atoms with Crippen LogP contribution < -0.4 is 20.3 Å². The van der Waals surface area contributed by atoms with Gasteiger partial charge in [-0.25, -0.2) is 0 Å². The largest absolute Gasteiger partial charge is 0.497 e. The summed E-state index contributed by atoms with van der Waals surface area (Å²) >= 11 is 0. The molecule has 8 heteroatoms. The van der Waals surface area contributed by atoms with E-state index in [-0.39, 0.29) is 17.2 Å². The zero-order valence-electron chi connectivity index (χ0n) is 18.3. The summed E-state index contributed by atoms with van der Waals surface area (Å²) in [7, 11) is 3.06. The Kier molecular flexibility index (Phi) is 7.25. The van der Waals surface area contributed by atoms with Crippen molar-refractivity contribution in [1.82, 2.24) is 20.0 Å². The molecule has 3 aromatic rings. The first-order chi connectivity index (χ1) is 15.0. The van der Waals surface area contributed by atoms with Crippen LogP contribution in [-0.2, 0) is 0 Å². The number of nitrogens with zero attached hydrogens (tertiary/aromatic N) is 3. The number of hydrogen-bond donors (Lipinski definition) is 1. The number of benzene rings is 2. The summed E-state index contributed by atoms with van der Waals surface area (Å²) in [6.07, 6.45) is 0. The molecule has 0 saturated heterocycles. The molecule has 1 amide bonds. The number of nitrogens with one attached hydrogen (secondary N) is 1. The molecule has 0 spiro atoms. The van der Waals surface area contributed by atoms with Gasteiger partial charge in [0.2, 0.25) is 0 Å². The number of aromatic nitrogens is 2. The maximum Gasteiger partial charge on any atom is 0.279 e. The summed E-state index contributed by atoms with van der Waals surface area (Å²) < 4.78 is 11.8. The van der Waals surface area contributed by atoms with E-state index < -0.39 is 0 Å². The monoisotopic (exact) mass is 424 g/mol. The number of rotatable bonds is 9. The number of methoxy groups -OCH3 is 2.